The fourth-order valence-corrected chi connectivity index (χ4v) is 3.58. The number of esters is 1. The van der Waals surface area contributed by atoms with Gasteiger partial charge in [0.15, 0.2) is 0 Å². The molecule has 0 aromatic carbocycles. The molecule has 2 aromatic heterocycles. The van der Waals surface area contributed by atoms with Crippen LogP contribution in [0.1, 0.15) is 62.4 Å². The number of H-pyrrole nitrogens is 1. The van der Waals surface area contributed by atoms with E-state index in [1.54, 1.807) is 53.8 Å². The Hall–Kier alpha value is -4.26. The van der Waals surface area contributed by atoms with E-state index in [2.05, 4.69) is 25.6 Å². The molecule has 0 unspecified atom stereocenters. The second kappa shape index (κ2) is 12.5. The van der Waals surface area contributed by atoms with Crippen molar-refractivity contribution in [1.29, 1.82) is 0 Å². The summed E-state index contributed by atoms with van der Waals surface area (Å²) in [6.07, 6.45) is 2.46. The van der Waals surface area contributed by atoms with Gasteiger partial charge >= 0.3 is 12.1 Å². The highest BCUT2D eigenvalue weighted by atomic mass is 16.6. The van der Waals surface area contributed by atoms with Crippen LogP contribution in [-0.2, 0) is 30.3 Å². The van der Waals surface area contributed by atoms with Gasteiger partial charge in [-0.05, 0) is 46.8 Å². The molecule has 0 radical (unpaired) electrons. The molecule has 3 amide bonds. The highest BCUT2D eigenvalue weighted by Gasteiger charge is 2.28. The minimum Gasteiger partial charge on any atom is -0.462 e. The zero-order chi connectivity index (χ0) is 28.7. The van der Waals surface area contributed by atoms with Crippen molar-refractivity contribution in [2.24, 2.45) is 0 Å². The lowest BCUT2D eigenvalue weighted by Crippen LogP contribution is -2.35. The first-order chi connectivity index (χ1) is 18.4. The van der Waals surface area contributed by atoms with E-state index in [0.29, 0.717) is 28.5 Å². The number of anilines is 1. The quantitative estimate of drug-likeness (QED) is 0.231. The minimum atomic E-state index is -0.602. The van der Waals surface area contributed by atoms with E-state index in [0.717, 1.165) is 5.69 Å². The van der Waals surface area contributed by atoms with Crippen LogP contribution >= 0.6 is 0 Å². The average Bonchev–Trinajstić information content (AvgIpc) is 3.36. The number of rotatable bonds is 10. The number of ether oxygens (including phenoxy) is 3. The largest absolute Gasteiger partial charge is 0.462 e. The number of carbonyl (C=O) groups excluding carboxylic acids is 4. The SMILES string of the molecule is CCOC(=O)c1cc(C)[nH]c1/C=C1\C(=O)Nc2cnc(CN(C)C(=O)COCCNC(=O)OC(C)(C)C)nc21.[HH]. The number of nitrogens with one attached hydrogen (secondary N) is 3. The van der Waals surface area contributed by atoms with Crippen LogP contribution in [-0.4, -0.2) is 82.7 Å². The average molecular weight is 545 g/mol. The number of aromatic amines is 1. The number of aromatic nitrogens is 3. The predicted octanol–water partition coefficient (Wildman–Crippen LogP) is 2.53. The van der Waals surface area contributed by atoms with E-state index in [4.69, 9.17) is 14.2 Å². The van der Waals surface area contributed by atoms with Crippen molar-refractivity contribution in [2.75, 3.05) is 38.7 Å². The van der Waals surface area contributed by atoms with E-state index in [-0.39, 0.29) is 45.8 Å². The topological polar surface area (TPSA) is 165 Å². The second-order valence-corrected chi connectivity index (χ2v) is 9.79. The normalized spacial score (nSPS) is 13.6. The first-order valence-corrected chi connectivity index (χ1v) is 12.4. The number of likely N-dealkylation sites (N-methyl/N-ethyl adjacent to an activating group) is 1. The molecule has 3 N–H and O–H groups in total. The van der Waals surface area contributed by atoms with Gasteiger partial charge < -0.3 is 34.7 Å². The Kier molecular flexibility index (Phi) is 9.41. The Morgan fingerprint density at radius 3 is 2.69 bits per heavy atom. The molecule has 0 aliphatic carbocycles. The third kappa shape index (κ3) is 8.11. The molecular formula is C26H36N6O7. The lowest BCUT2D eigenvalue weighted by molar-refractivity contribution is -0.135. The summed E-state index contributed by atoms with van der Waals surface area (Å²) in [6, 6.07) is 1.65. The molecule has 13 nitrogen and oxygen atoms in total. The number of hydrogen-bond acceptors (Lipinski definition) is 9. The number of nitrogens with zero attached hydrogens (tertiary/aromatic N) is 3. The van der Waals surface area contributed by atoms with Crippen molar-refractivity contribution in [3.05, 3.63) is 40.7 Å². The van der Waals surface area contributed by atoms with Crippen molar-refractivity contribution in [3.8, 4) is 0 Å². The van der Waals surface area contributed by atoms with Crippen LogP contribution in [0.15, 0.2) is 12.3 Å². The van der Waals surface area contributed by atoms with Crippen molar-refractivity contribution in [1.82, 2.24) is 25.2 Å². The van der Waals surface area contributed by atoms with Gasteiger partial charge in [0.25, 0.3) is 5.91 Å². The molecule has 1 aliphatic heterocycles. The monoisotopic (exact) mass is 544 g/mol. The molecule has 0 saturated carbocycles. The van der Waals surface area contributed by atoms with Gasteiger partial charge in [-0.1, -0.05) is 0 Å². The molecular weight excluding hydrogens is 508 g/mol. The maximum absolute atomic E-state index is 12.7. The van der Waals surface area contributed by atoms with Crippen LogP contribution in [0.3, 0.4) is 0 Å². The summed E-state index contributed by atoms with van der Waals surface area (Å²) in [5.41, 5.74) is 1.89. The predicted molar refractivity (Wildman–Crippen MR) is 144 cm³/mol. The van der Waals surface area contributed by atoms with Gasteiger partial charge in [-0.3, -0.25) is 9.59 Å². The highest BCUT2D eigenvalue weighted by molar-refractivity contribution is 6.34. The van der Waals surface area contributed by atoms with E-state index in [1.807, 2.05) is 0 Å². The molecule has 0 spiro atoms. The summed E-state index contributed by atoms with van der Waals surface area (Å²) >= 11 is 0. The summed E-state index contributed by atoms with van der Waals surface area (Å²) in [5.74, 6) is -0.899. The molecule has 212 valence electrons. The van der Waals surface area contributed by atoms with Crippen molar-refractivity contribution in [3.63, 3.8) is 0 Å². The molecule has 3 rings (SSSR count). The number of amides is 3. The standard InChI is InChI=1S/C26H34N6O7.H2/c1-7-38-24(35)16-10-15(2)29-18(16)11-17-22-19(30-23(17)34)12-28-20(31-22)13-32(6)21(33)14-37-9-8-27-25(36)39-26(3,4)5;/h10-12,29H,7-9,13-14H2,1-6H3,(H,27,36)(H,30,34);1H/b17-11-;. The van der Waals surface area contributed by atoms with Gasteiger partial charge in [-0.25, -0.2) is 19.6 Å². The van der Waals surface area contributed by atoms with Gasteiger partial charge in [-0.2, -0.15) is 0 Å². The van der Waals surface area contributed by atoms with E-state index >= 15 is 0 Å². The minimum absolute atomic E-state index is 0. The van der Waals surface area contributed by atoms with Crippen LogP contribution in [0, 0.1) is 6.92 Å². The maximum Gasteiger partial charge on any atom is 0.407 e. The molecule has 39 heavy (non-hydrogen) atoms. The molecule has 0 bridgehead atoms. The van der Waals surface area contributed by atoms with Gasteiger partial charge in [0.2, 0.25) is 5.91 Å². The fraction of sp³-hybridized carbons (Fsp3) is 0.462. The lowest BCUT2D eigenvalue weighted by atomic mass is 10.1. The summed E-state index contributed by atoms with van der Waals surface area (Å²) in [4.78, 5) is 62.4. The number of hydrogen-bond donors (Lipinski definition) is 3. The van der Waals surface area contributed by atoms with Crippen LogP contribution in [0.5, 0.6) is 0 Å². The summed E-state index contributed by atoms with van der Waals surface area (Å²) in [6.45, 7) is 9.20. The maximum atomic E-state index is 12.7. The van der Waals surface area contributed by atoms with Gasteiger partial charge in [0, 0.05) is 20.7 Å². The molecule has 3 heterocycles. The smallest absolute Gasteiger partial charge is 0.407 e. The Bertz CT molecular complexity index is 1280. The number of fused-ring (bicyclic) bond motifs is 1. The van der Waals surface area contributed by atoms with Crippen LogP contribution < -0.4 is 10.6 Å². The Morgan fingerprint density at radius 1 is 1.26 bits per heavy atom. The Labute approximate surface area is 227 Å². The van der Waals surface area contributed by atoms with E-state index in [9.17, 15) is 19.2 Å². The molecule has 2 aromatic rings. The van der Waals surface area contributed by atoms with Gasteiger partial charge in [0.05, 0.1) is 48.5 Å². The zero-order valence-corrected chi connectivity index (χ0v) is 23.0. The van der Waals surface area contributed by atoms with Crippen molar-refractivity contribution < 1.29 is 34.8 Å². The molecule has 0 atom stereocenters. The Balaban J connectivity index is 0.00000560. The van der Waals surface area contributed by atoms with Crippen LogP contribution in [0.2, 0.25) is 0 Å². The fourth-order valence-electron chi connectivity index (χ4n) is 3.58. The Morgan fingerprint density at radius 2 is 2.00 bits per heavy atom. The number of alkyl carbamates (subject to hydrolysis) is 1. The second-order valence-electron chi connectivity index (χ2n) is 9.79. The van der Waals surface area contributed by atoms with Crippen LogP contribution in [0.25, 0.3) is 11.6 Å². The van der Waals surface area contributed by atoms with Gasteiger partial charge in [-0.15, -0.1) is 0 Å². The zero-order valence-electron chi connectivity index (χ0n) is 23.0. The summed E-state index contributed by atoms with van der Waals surface area (Å²) in [7, 11) is 1.58. The van der Waals surface area contributed by atoms with Crippen molar-refractivity contribution >= 4 is 41.2 Å². The number of aryl methyl sites for hydroxylation is 1. The molecule has 0 fully saturated rings. The third-order valence-electron chi connectivity index (χ3n) is 5.30. The van der Waals surface area contributed by atoms with Crippen LogP contribution in [0.4, 0.5) is 10.5 Å². The molecule has 1 aliphatic rings. The highest BCUT2D eigenvalue weighted by Crippen LogP contribution is 2.31. The lowest BCUT2D eigenvalue weighted by Gasteiger charge is -2.19. The molecule has 0 saturated heterocycles. The van der Waals surface area contributed by atoms with Crippen molar-refractivity contribution in [2.45, 2.75) is 46.8 Å². The first kappa shape index (κ1) is 29.3. The van der Waals surface area contributed by atoms with Gasteiger partial charge in [0.1, 0.15) is 23.7 Å². The summed E-state index contributed by atoms with van der Waals surface area (Å²) in [5, 5.41) is 5.26. The van der Waals surface area contributed by atoms with E-state index < -0.39 is 23.6 Å². The first-order valence-electron chi connectivity index (χ1n) is 12.4. The third-order valence-corrected chi connectivity index (χ3v) is 5.30. The summed E-state index contributed by atoms with van der Waals surface area (Å²) < 4.78 is 15.6. The molecule has 13 heteroatoms. The number of carbonyl (C=O) groups is 4. The van der Waals surface area contributed by atoms with E-state index in [1.165, 1.54) is 11.1 Å².